The van der Waals surface area contributed by atoms with E-state index in [9.17, 15) is 14.7 Å². The summed E-state index contributed by atoms with van der Waals surface area (Å²) in [5, 5.41) is 19.4. The minimum atomic E-state index is -1.08. The molecule has 30 heavy (non-hydrogen) atoms. The van der Waals surface area contributed by atoms with E-state index in [1.807, 2.05) is 13.8 Å². The number of Topliss-reactive ketones (excluding diaryl/α,β-unsaturated/α-hetero) is 1. The number of hydrogen-bond donors (Lipinski definition) is 2. The summed E-state index contributed by atoms with van der Waals surface area (Å²) in [5.41, 5.74) is 0.913. The van der Waals surface area contributed by atoms with Crippen LogP contribution in [0.2, 0.25) is 5.02 Å². The van der Waals surface area contributed by atoms with Gasteiger partial charge in [-0.2, -0.15) is 0 Å². The van der Waals surface area contributed by atoms with Crippen molar-refractivity contribution in [1.82, 2.24) is 0 Å². The summed E-state index contributed by atoms with van der Waals surface area (Å²) in [4.78, 5) is 23.2. The minimum Gasteiger partial charge on any atom is -0.507 e. The largest absolute Gasteiger partial charge is 0.507 e. The van der Waals surface area contributed by atoms with E-state index in [0.29, 0.717) is 48.7 Å². The number of benzene rings is 2. The van der Waals surface area contributed by atoms with Gasteiger partial charge in [-0.25, -0.2) is 4.79 Å². The van der Waals surface area contributed by atoms with Crippen molar-refractivity contribution in [1.29, 1.82) is 0 Å². The zero-order chi connectivity index (χ0) is 22.3. The van der Waals surface area contributed by atoms with Crippen LogP contribution >= 0.6 is 11.6 Å². The third-order valence-corrected chi connectivity index (χ3v) is 4.82. The molecule has 0 atom stereocenters. The zero-order valence-electron chi connectivity index (χ0n) is 17.4. The van der Waals surface area contributed by atoms with Gasteiger partial charge in [-0.1, -0.05) is 25.4 Å². The number of phenolic OH excluding ortho intramolecular Hbond substituents is 1. The van der Waals surface area contributed by atoms with Crippen molar-refractivity contribution in [3.8, 4) is 17.2 Å². The fraction of sp³-hybridized carbons (Fsp3) is 0.391. The average Bonchev–Trinajstić information content (AvgIpc) is 2.66. The van der Waals surface area contributed by atoms with Gasteiger partial charge >= 0.3 is 5.97 Å². The SMILES string of the molecule is Cc1c(OCCCCOc2ccc(C(=O)O)c(Cl)c2)ccc(C(=O)CC(C)C)c1O. The molecule has 2 rings (SSSR count). The van der Waals surface area contributed by atoms with Crippen molar-refractivity contribution in [2.45, 2.75) is 40.0 Å². The summed E-state index contributed by atoms with van der Waals surface area (Å²) < 4.78 is 11.3. The van der Waals surface area contributed by atoms with Crippen molar-refractivity contribution >= 4 is 23.4 Å². The van der Waals surface area contributed by atoms with Gasteiger partial charge in [-0.05, 0) is 56.0 Å². The molecule has 0 unspecified atom stereocenters. The molecular weight excluding hydrogens is 408 g/mol. The lowest BCUT2D eigenvalue weighted by molar-refractivity contribution is 0.0696. The maximum Gasteiger partial charge on any atom is 0.337 e. The molecule has 0 aliphatic carbocycles. The van der Waals surface area contributed by atoms with Crippen LogP contribution in [0.25, 0.3) is 0 Å². The van der Waals surface area contributed by atoms with Crippen LogP contribution in [0, 0.1) is 12.8 Å². The Labute approximate surface area is 181 Å². The van der Waals surface area contributed by atoms with Crippen LogP contribution in [0.3, 0.4) is 0 Å². The fourth-order valence-electron chi connectivity index (χ4n) is 2.88. The Morgan fingerprint density at radius 3 is 2.27 bits per heavy atom. The van der Waals surface area contributed by atoms with Crippen molar-refractivity contribution in [2.24, 2.45) is 5.92 Å². The van der Waals surface area contributed by atoms with Gasteiger partial charge in [0.1, 0.15) is 17.2 Å². The quantitative estimate of drug-likeness (QED) is 0.357. The van der Waals surface area contributed by atoms with E-state index in [1.165, 1.54) is 12.1 Å². The van der Waals surface area contributed by atoms with E-state index >= 15 is 0 Å². The summed E-state index contributed by atoms with van der Waals surface area (Å²) in [6.45, 7) is 6.51. The number of rotatable bonds is 11. The molecule has 6 nitrogen and oxygen atoms in total. The smallest absolute Gasteiger partial charge is 0.337 e. The Balaban J connectivity index is 1.79. The van der Waals surface area contributed by atoms with Crippen LogP contribution in [0.15, 0.2) is 30.3 Å². The topological polar surface area (TPSA) is 93.1 Å². The Kier molecular flexibility index (Phi) is 8.54. The summed E-state index contributed by atoms with van der Waals surface area (Å²) in [6.07, 6.45) is 1.82. The number of unbranched alkanes of at least 4 members (excludes halogenated alkanes) is 1. The van der Waals surface area contributed by atoms with Crippen LogP contribution in [-0.2, 0) is 0 Å². The predicted octanol–water partition coefficient (Wildman–Crippen LogP) is 5.52. The number of carboxylic acid groups (broad SMARTS) is 1. The van der Waals surface area contributed by atoms with Gasteiger partial charge in [-0.3, -0.25) is 4.79 Å². The van der Waals surface area contributed by atoms with Gasteiger partial charge < -0.3 is 19.7 Å². The standard InChI is InChI=1S/C23H27ClO6/c1-14(2)12-20(25)18-8-9-21(15(3)22(18)26)30-11-5-4-10-29-16-6-7-17(23(27)28)19(24)13-16/h6-9,13-14,26H,4-5,10-12H2,1-3H3,(H,27,28). The van der Waals surface area contributed by atoms with E-state index < -0.39 is 5.97 Å². The van der Waals surface area contributed by atoms with E-state index in [4.69, 9.17) is 26.2 Å². The van der Waals surface area contributed by atoms with Gasteiger partial charge in [0.05, 0.1) is 29.4 Å². The number of halogens is 1. The first kappa shape index (κ1) is 23.5. The molecule has 2 aromatic carbocycles. The van der Waals surface area contributed by atoms with Crippen LogP contribution in [0.4, 0.5) is 0 Å². The molecule has 7 heteroatoms. The Morgan fingerprint density at radius 1 is 1.03 bits per heavy atom. The highest BCUT2D eigenvalue weighted by Crippen LogP contribution is 2.32. The first-order valence-electron chi connectivity index (χ1n) is 9.85. The zero-order valence-corrected chi connectivity index (χ0v) is 18.2. The summed E-state index contributed by atoms with van der Waals surface area (Å²) in [6, 6.07) is 7.78. The molecule has 0 spiro atoms. The Hall–Kier alpha value is -2.73. The van der Waals surface area contributed by atoms with Crippen LogP contribution in [0.5, 0.6) is 17.2 Å². The maximum atomic E-state index is 12.2. The molecule has 0 aliphatic rings. The molecule has 0 amide bonds. The number of ketones is 1. The van der Waals surface area contributed by atoms with E-state index in [-0.39, 0.29) is 28.0 Å². The van der Waals surface area contributed by atoms with Gasteiger partial charge in [-0.15, -0.1) is 0 Å². The first-order chi connectivity index (χ1) is 14.2. The van der Waals surface area contributed by atoms with Crippen molar-refractivity contribution < 1.29 is 29.3 Å². The van der Waals surface area contributed by atoms with Crippen molar-refractivity contribution in [3.63, 3.8) is 0 Å². The Morgan fingerprint density at radius 2 is 1.67 bits per heavy atom. The van der Waals surface area contributed by atoms with Gasteiger partial charge in [0.25, 0.3) is 0 Å². The maximum absolute atomic E-state index is 12.2. The molecule has 0 bridgehead atoms. The third-order valence-electron chi connectivity index (χ3n) is 4.51. The number of carboxylic acids is 1. The van der Waals surface area contributed by atoms with Crippen LogP contribution < -0.4 is 9.47 Å². The summed E-state index contributed by atoms with van der Waals surface area (Å²) >= 11 is 5.92. The normalized spacial score (nSPS) is 10.8. The lowest BCUT2D eigenvalue weighted by Crippen LogP contribution is -2.06. The first-order valence-corrected chi connectivity index (χ1v) is 10.2. The second-order valence-electron chi connectivity index (χ2n) is 7.46. The Bertz CT molecular complexity index is 907. The molecule has 0 aromatic heterocycles. The average molecular weight is 435 g/mol. The molecule has 162 valence electrons. The number of carbonyl (C=O) groups excluding carboxylic acids is 1. The predicted molar refractivity (Wildman–Crippen MR) is 115 cm³/mol. The minimum absolute atomic E-state index is 0.0248. The molecule has 0 radical (unpaired) electrons. The molecule has 0 aliphatic heterocycles. The third kappa shape index (κ3) is 6.39. The molecule has 0 fully saturated rings. The van der Waals surface area contributed by atoms with Gasteiger partial charge in [0, 0.05) is 12.0 Å². The number of aromatic carboxylic acids is 1. The fourth-order valence-corrected chi connectivity index (χ4v) is 3.13. The van der Waals surface area contributed by atoms with E-state index in [1.54, 1.807) is 25.1 Å². The molecule has 0 saturated heterocycles. The summed E-state index contributed by atoms with van der Waals surface area (Å²) in [7, 11) is 0. The molecular formula is C23H27ClO6. The van der Waals surface area contributed by atoms with E-state index in [2.05, 4.69) is 0 Å². The second kappa shape index (κ2) is 10.9. The number of phenols is 1. The highest BCUT2D eigenvalue weighted by molar-refractivity contribution is 6.33. The van der Waals surface area contributed by atoms with Crippen LogP contribution in [0.1, 0.15) is 59.4 Å². The molecule has 2 aromatic rings. The van der Waals surface area contributed by atoms with Crippen LogP contribution in [-0.4, -0.2) is 35.2 Å². The number of hydrogen-bond acceptors (Lipinski definition) is 5. The van der Waals surface area contributed by atoms with Gasteiger partial charge in [0.2, 0.25) is 0 Å². The van der Waals surface area contributed by atoms with Crippen molar-refractivity contribution in [2.75, 3.05) is 13.2 Å². The highest BCUT2D eigenvalue weighted by Gasteiger charge is 2.17. The summed E-state index contributed by atoms with van der Waals surface area (Å²) in [5.74, 6) is 0.0942. The second-order valence-corrected chi connectivity index (χ2v) is 7.86. The number of ether oxygens (including phenoxy) is 2. The van der Waals surface area contributed by atoms with Gasteiger partial charge in [0.15, 0.2) is 5.78 Å². The molecule has 0 heterocycles. The molecule has 2 N–H and O–H groups in total. The lowest BCUT2D eigenvalue weighted by atomic mass is 9.98. The monoisotopic (exact) mass is 434 g/mol. The number of carbonyl (C=O) groups is 2. The highest BCUT2D eigenvalue weighted by atomic mass is 35.5. The number of aromatic hydroxyl groups is 1. The van der Waals surface area contributed by atoms with Crippen molar-refractivity contribution in [3.05, 3.63) is 52.0 Å². The molecule has 0 saturated carbocycles. The van der Waals surface area contributed by atoms with E-state index in [0.717, 1.165) is 6.42 Å². The lowest BCUT2D eigenvalue weighted by Gasteiger charge is -2.13.